The number of fused-ring (bicyclic) bond motifs is 4. The predicted octanol–water partition coefficient (Wildman–Crippen LogP) is 13.1. The van der Waals surface area contributed by atoms with E-state index in [1.54, 1.807) is 0 Å². The topological polar surface area (TPSA) is 69.1 Å². The highest BCUT2D eigenvalue weighted by Gasteiger charge is 2.19. The van der Waals surface area contributed by atoms with Gasteiger partial charge in [-0.05, 0) is 70.8 Å². The first-order valence-electron chi connectivity index (χ1n) is 19.3. The number of rotatable bonds is 7. The molecule has 0 unspecified atom stereocenters. The summed E-state index contributed by atoms with van der Waals surface area (Å²) in [5, 5.41) is 2.02. The molecule has 0 saturated heterocycles. The second-order valence-corrected chi connectivity index (χ2v) is 14.3. The molecule has 272 valence electrons. The number of imidazole rings is 1. The maximum atomic E-state index is 6.53. The Bertz CT molecular complexity index is 3260. The minimum atomic E-state index is 0.575. The van der Waals surface area contributed by atoms with Crippen LogP contribution in [0.4, 0.5) is 0 Å². The number of furan rings is 1. The van der Waals surface area contributed by atoms with Gasteiger partial charge in [0.2, 0.25) is 0 Å². The van der Waals surface area contributed by atoms with Crippen LogP contribution in [0.15, 0.2) is 205 Å². The number of nitrogens with zero attached hydrogens (tertiary/aromatic N) is 5. The second kappa shape index (κ2) is 14.0. The molecular weight excluding hydrogens is 711 g/mol. The Morgan fingerprint density at radius 2 is 0.862 bits per heavy atom. The van der Waals surface area contributed by atoms with Crippen molar-refractivity contribution in [3.05, 3.63) is 200 Å². The van der Waals surface area contributed by atoms with Crippen LogP contribution in [0.5, 0.6) is 0 Å². The largest absolute Gasteiger partial charge is 0.456 e. The highest BCUT2D eigenvalue weighted by atomic mass is 16.3. The fraction of sp³-hybridized carbons (Fsp3) is 0. The quantitative estimate of drug-likeness (QED) is 0.163. The molecule has 0 radical (unpaired) electrons. The molecule has 0 aliphatic rings. The fourth-order valence-electron chi connectivity index (χ4n) is 7.81. The van der Waals surface area contributed by atoms with Gasteiger partial charge in [0.05, 0.1) is 11.4 Å². The molecule has 0 spiro atoms. The number of hydrogen-bond acceptors (Lipinski definition) is 5. The molecule has 58 heavy (non-hydrogen) atoms. The zero-order valence-electron chi connectivity index (χ0n) is 31.2. The summed E-state index contributed by atoms with van der Waals surface area (Å²) in [6.45, 7) is 0. The molecule has 4 heterocycles. The van der Waals surface area contributed by atoms with E-state index >= 15 is 0 Å². The Morgan fingerprint density at radius 3 is 1.59 bits per heavy atom. The molecule has 6 heteroatoms. The van der Waals surface area contributed by atoms with E-state index in [0.29, 0.717) is 17.5 Å². The molecule has 11 aromatic rings. The van der Waals surface area contributed by atoms with Gasteiger partial charge in [-0.25, -0.2) is 19.9 Å². The molecule has 0 aliphatic carbocycles. The van der Waals surface area contributed by atoms with Crippen LogP contribution < -0.4 is 0 Å². The summed E-state index contributed by atoms with van der Waals surface area (Å²) in [4.78, 5) is 20.1. The van der Waals surface area contributed by atoms with Crippen LogP contribution >= 0.6 is 0 Å². The van der Waals surface area contributed by atoms with Gasteiger partial charge in [-0.2, -0.15) is 0 Å². The maximum Gasteiger partial charge on any atom is 0.164 e. The summed E-state index contributed by atoms with van der Waals surface area (Å²) >= 11 is 0. The van der Waals surface area contributed by atoms with Gasteiger partial charge in [0.15, 0.2) is 17.5 Å². The van der Waals surface area contributed by atoms with Crippen LogP contribution in [0, 0.1) is 0 Å². The van der Waals surface area contributed by atoms with Crippen molar-refractivity contribution in [1.29, 1.82) is 0 Å². The van der Waals surface area contributed by atoms with E-state index in [9.17, 15) is 0 Å². The minimum absolute atomic E-state index is 0.575. The zero-order valence-corrected chi connectivity index (χ0v) is 31.2. The summed E-state index contributed by atoms with van der Waals surface area (Å²) < 4.78 is 8.71. The summed E-state index contributed by atoms with van der Waals surface area (Å²) in [5.74, 6) is 1.79. The van der Waals surface area contributed by atoms with Crippen molar-refractivity contribution in [2.75, 3.05) is 0 Å². The van der Waals surface area contributed by atoms with Gasteiger partial charge < -0.3 is 4.42 Å². The lowest BCUT2D eigenvalue weighted by Crippen LogP contribution is -2.00. The van der Waals surface area contributed by atoms with Crippen LogP contribution in [0.1, 0.15) is 0 Å². The van der Waals surface area contributed by atoms with Crippen LogP contribution in [0.25, 0.3) is 107 Å². The van der Waals surface area contributed by atoms with Crippen molar-refractivity contribution in [3.8, 4) is 78.9 Å². The van der Waals surface area contributed by atoms with Gasteiger partial charge in [-0.1, -0.05) is 146 Å². The van der Waals surface area contributed by atoms with Crippen molar-refractivity contribution >= 4 is 27.6 Å². The third-order valence-electron chi connectivity index (χ3n) is 10.7. The highest BCUT2D eigenvalue weighted by Crippen LogP contribution is 2.39. The fourth-order valence-corrected chi connectivity index (χ4v) is 7.81. The first kappa shape index (κ1) is 33.4. The zero-order chi connectivity index (χ0) is 38.4. The van der Waals surface area contributed by atoms with E-state index in [1.165, 1.54) is 5.56 Å². The van der Waals surface area contributed by atoms with Gasteiger partial charge in [0.1, 0.15) is 16.8 Å². The molecule has 11 rings (SSSR count). The average Bonchev–Trinajstić information content (AvgIpc) is 3.88. The van der Waals surface area contributed by atoms with E-state index in [-0.39, 0.29) is 0 Å². The first-order chi connectivity index (χ1) is 28.7. The van der Waals surface area contributed by atoms with Gasteiger partial charge in [-0.3, -0.25) is 4.40 Å². The Labute approximate surface area is 334 Å². The maximum absolute atomic E-state index is 6.53. The molecule has 0 N–H and O–H groups in total. The average molecular weight is 744 g/mol. The summed E-state index contributed by atoms with van der Waals surface area (Å²) in [6, 6.07) is 66.6. The smallest absolute Gasteiger partial charge is 0.164 e. The van der Waals surface area contributed by atoms with E-state index in [1.807, 2.05) is 66.7 Å². The Balaban J connectivity index is 1.00. The molecule has 0 saturated carbocycles. The lowest BCUT2D eigenvalue weighted by Gasteiger charge is -2.09. The second-order valence-electron chi connectivity index (χ2n) is 14.3. The lowest BCUT2D eigenvalue weighted by atomic mass is 9.98. The Hall–Kier alpha value is -7.96. The number of pyridine rings is 1. The molecule has 0 bridgehead atoms. The third kappa shape index (κ3) is 6.01. The highest BCUT2D eigenvalue weighted by molar-refractivity contribution is 6.07. The summed E-state index contributed by atoms with van der Waals surface area (Å²) in [5.41, 5.74) is 13.8. The van der Waals surface area contributed by atoms with Crippen molar-refractivity contribution in [3.63, 3.8) is 0 Å². The number of hydrogen-bond donors (Lipinski definition) is 0. The number of aromatic nitrogens is 5. The van der Waals surface area contributed by atoms with E-state index in [4.69, 9.17) is 24.4 Å². The van der Waals surface area contributed by atoms with E-state index in [0.717, 1.165) is 83.5 Å². The molecule has 4 aromatic heterocycles. The van der Waals surface area contributed by atoms with Gasteiger partial charge in [-0.15, -0.1) is 0 Å². The van der Waals surface area contributed by atoms with Crippen molar-refractivity contribution in [2.45, 2.75) is 0 Å². The molecular formula is C52H33N5O. The van der Waals surface area contributed by atoms with Crippen LogP contribution in [-0.4, -0.2) is 24.3 Å². The Morgan fingerprint density at radius 1 is 0.328 bits per heavy atom. The van der Waals surface area contributed by atoms with E-state index in [2.05, 4.69) is 138 Å². The minimum Gasteiger partial charge on any atom is -0.456 e. The van der Waals surface area contributed by atoms with Crippen molar-refractivity contribution < 1.29 is 4.42 Å². The normalized spacial score (nSPS) is 11.4. The first-order valence-corrected chi connectivity index (χ1v) is 19.3. The third-order valence-corrected chi connectivity index (χ3v) is 10.7. The lowest BCUT2D eigenvalue weighted by molar-refractivity contribution is 0.669. The standard InChI is InChI=1S/C52H33N5O/c1-4-13-34(14-5-1)36-22-24-38(25-23-36)51-54-50(37-17-8-3-9-18-37)55-52(56-51)42-26-28-43-44-32-40(27-29-45(44)58-46(43)33-42)48-49(57-30-11-10-21-47(57)53-48)41-20-12-19-39(31-41)35-15-6-2-7-16-35/h1-33H. The Kier molecular flexibility index (Phi) is 8.04. The van der Waals surface area contributed by atoms with Gasteiger partial charge >= 0.3 is 0 Å². The predicted molar refractivity (Wildman–Crippen MR) is 234 cm³/mol. The van der Waals surface area contributed by atoms with Crippen LogP contribution in [0.3, 0.4) is 0 Å². The molecule has 0 aliphatic heterocycles. The monoisotopic (exact) mass is 743 g/mol. The summed E-state index contributed by atoms with van der Waals surface area (Å²) in [7, 11) is 0. The molecule has 0 amide bonds. The molecule has 7 aromatic carbocycles. The molecule has 6 nitrogen and oxygen atoms in total. The summed E-state index contributed by atoms with van der Waals surface area (Å²) in [6.07, 6.45) is 2.08. The van der Waals surface area contributed by atoms with E-state index < -0.39 is 0 Å². The SMILES string of the molecule is c1ccc(-c2ccc(-c3nc(-c4ccccc4)nc(-c4ccc5c(c4)oc4ccc(-c6nc7ccccn7c6-c6cccc(-c7ccccc7)c6)cc45)n3)cc2)cc1. The van der Waals surface area contributed by atoms with Gasteiger partial charge in [0, 0.05) is 44.8 Å². The molecule has 0 atom stereocenters. The molecule has 0 fully saturated rings. The van der Waals surface area contributed by atoms with Gasteiger partial charge in [0.25, 0.3) is 0 Å². The number of benzene rings is 7. The van der Waals surface area contributed by atoms with Crippen molar-refractivity contribution in [1.82, 2.24) is 24.3 Å². The van der Waals surface area contributed by atoms with Crippen LogP contribution in [0.2, 0.25) is 0 Å². The van der Waals surface area contributed by atoms with Crippen molar-refractivity contribution in [2.24, 2.45) is 0 Å². The van der Waals surface area contributed by atoms with Crippen LogP contribution in [-0.2, 0) is 0 Å².